The summed E-state index contributed by atoms with van der Waals surface area (Å²) in [6.45, 7) is 1.58. The average Bonchev–Trinajstić information content (AvgIpc) is 2.52. The van der Waals surface area contributed by atoms with Gasteiger partial charge in [-0.05, 0) is 42.3 Å². The number of hydrogen-bond donors (Lipinski definition) is 2. The molecule has 0 fully saturated rings. The van der Waals surface area contributed by atoms with Crippen LogP contribution in [0, 0.1) is 6.92 Å². The Bertz CT molecular complexity index is 727. The number of aryl methyl sites for hydroxylation is 1. The Morgan fingerprint density at radius 2 is 1.83 bits per heavy atom. The number of carbonyl (C=O) groups excluding carboxylic acids is 1. The van der Waals surface area contributed by atoms with E-state index in [2.05, 4.69) is 0 Å². The second kappa shape index (κ2) is 6.92. The Morgan fingerprint density at radius 1 is 1.21 bits per heavy atom. The van der Waals surface area contributed by atoms with E-state index >= 15 is 0 Å². The van der Waals surface area contributed by atoms with Gasteiger partial charge in [0, 0.05) is 5.56 Å². The average molecular weight is 339 g/mol. The SMILES string of the molecule is Cc1ccc(C(N)=O)cc1OCC(O)c1ccc(C(F)(F)F)cc1. The smallest absolute Gasteiger partial charge is 0.416 e. The molecule has 128 valence electrons. The van der Waals surface area contributed by atoms with Crippen LogP contribution in [0.25, 0.3) is 0 Å². The number of alkyl halides is 3. The lowest BCUT2D eigenvalue weighted by molar-refractivity contribution is -0.137. The molecule has 0 aliphatic heterocycles. The summed E-state index contributed by atoms with van der Waals surface area (Å²) in [6, 6.07) is 8.86. The fourth-order valence-corrected chi connectivity index (χ4v) is 2.07. The molecule has 0 aliphatic rings. The zero-order valence-electron chi connectivity index (χ0n) is 12.8. The summed E-state index contributed by atoms with van der Waals surface area (Å²) in [6.07, 6.45) is -5.53. The van der Waals surface area contributed by atoms with Crippen LogP contribution in [0.1, 0.15) is 33.2 Å². The van der Waals surface area contributed by atoms with Crippen molar-refractivity contribution in [3.63, 3.8) is 0 Å². The van der Waals surface area contributed by atoms with Gasteiger partial charge in [-0.2, -0.15) is 13.2 Å². The molecule has 0 saturated heterocycles. The van der Waals surface area contributed by atoms with E-state index in [0.29, 0.717) is 11.3 Å². The minimum Gasteiger partial charge on any atom is -0.490 e. The molecule has 0 spiro atoms. The van der Waals surface area contributed by atoms with Crippen LogP contribution in [-0.2, 0) is 6.18 Å². The van der Waals surface area contributed by atoms with Gasteiger partial charge in [-0.1, -0.05) is 18.2 Å². The van der Waals surface area contributed by atoms with Crippen LogP contribution in [0.5, 0.6) is 5.75 Å². The van der Waals surface area contributed by atoms with Gasteiger partial charge >= 0.3 is 6.18 Å². The lowest BCUT2D eigenvalue weighted by atomic mass is 10.1. The molecule has 0 aromatic heterocycles. The fraction of sp³-hybridized carbons (Fsp3) is 0.235. The maximum atomic E-state index is 12.5. The number of nitrogens with two attached hydrogens (primary N) is 1. The molecule has 1 unspecified atom stereocenters. The molecule has 4 nitrogen and oxygen atoms in total. The van der Waals surface area contributed by atoms with Crippen molar-refractivity contribution in [2.75, 3.05) is 6.61 Å². The molecule has 7 heteroatoms. The number of carbonyl (C=O) groups is 1. The molecule has 2 aromatic carbocycles. The Balaban J connectivity index is 2.07. The van der Waals surface area contributed by atoms with E-state index in [9.17, 15) is 23.1 Å². The maximum absolute atomic E-state index is 12.5. The molecule has 2 aromatic rings. The lowest BCUT2D eigenvalue weighted by Crippen LogP contribution is -2.13. The number of amides is 1. The molecule has 0 saturated carbocycles. The summed E-state index contributed by atoms with van der Waals surface area (Å²) in [7, 11) is 0. The zero-order valence-corrected chi connectivity index (χ0v) is 12.8. The van der Waals surface area contributed by atoms with E-state index in [1.807, 2.05) is 0 Å². The highest BCUT2D eigenvalue weighted by atomic mass is 19.4. The van der Waals surface area contributed by atoms with Crippen LogP contribution in [-0.4, -0.2) is 17.6 Å². The van der Waals surface area contributed by atoms with Crippen LogP contribution >= 0.6 is 0 Å². The van der Waals surface area contributed by atoms with Crippen LogP contribution in [0.15, 0.2) is 42.5 Å². The van der Waals surface area contributed by atoms with Gasteiger partial charge < -0.3 is 15.6 Å². The number of aliphatic hydroxyl groups excluding tert-OH is 1. The van der Waals surface area contributed by atoms with E-state index in [1.165, 1.54) is 18.2 Å². The highest BCUT2D eigenvalue weighted by Crippen LogP contribution is 2.30. The first-order chi connectivity index (χ1) is 11.2. The van der Waals surface area contributed by atoms with Gasteiger partial charge in [0.15, 0.2) is 0 Å². The quantitative estimate of drug-likeness (QED) is 0.878. The number of ether oxygens (including phenoxy) is 1. The zero-order chi connectivity index (χ0) is 17.9. The van der Waals surface area contributed by atoms with E-state index in [1.54, 1.807) is 19.1 Å². The van der Waals surface area contributed by atoms with Gasteiger partial charge in [0.25, 0.3) is 0 Å². The van der Waals surface area contributed by atoms with E-state index < -0.39 is 23.8 Å². The number of aliphatic hydroxyl groups is 1. The molecule has 24 heavy (non-hydrogen) atoms. The molecule has 3 N–H and O–H groups in total. The predicted molar refractivity (Wildman–Crippen MR) is 81.6 cm³/mol. The third-order valence-electron chi connectivity index (χ3n) is 3.49. The van der Waals surface area contributed by atoms with Crippen molar-refractivity contribution in [3.05, 3.63) is 64.7 Å². The van der Waals surface area contributed by atoms with Crippen LogP contribution < -0.4 is 10.5 Å². The molecule has 1 amide bonds. The van der Waals surface area contributed by atoms with Gasteiger partial charge in [-0.15, -0.1) is 0 Å². The number of rotatable bonds is 5. The van der Waals surface area contributed by atoms with Crippen molar-refractivity contribution in [1.29, 1.82) is 0 Å². The molecule has 0 radical (unpaired) electrons. The van der Waals surface area contributed by atoms with Crippen LogP contribution in [0.3, 0.4) is 0 Å². The molecular weight excluding hydrogens is 323 g/mol. The van der Waals surface area contributed by atoms with Crippen molar-refractivity contribution in [1.82, 2.24) is 0 Å². The topological polar surface area (TPSA) is 72.6 Å². The summed E-state index contributed by atoms with van der Waals surface area (Å²) >= 11 is 0. The Kier molecular flexibility index (Phi) is 5.14. The summed E-state index contributed by atoms with van der Waals surface area (Å²) in [5.74, 6) is -0.236. The first kappa shape index (κ1) is 17.8. The summed E-state index contributed by atoms with van der Waals surface area (Å²) in [4.78, 5) is 11.2. The first-order valence-electron chi connectivity index (χ1n) is 7.07. The van der Waals surface area contributed by atoms with E-state index in [0.717, 1.165) is 17.7 Å². The first-order valence-corrected chi connectivity index (χ1v) is 7.07. The molecule has 0 heterocycles. The number of benzene rings is 2. The summed E-state index contributed by atoms with van der Waals surface area (Å²) < 4.78 is 43.0. The normalized spacial score (nSPS) is 12.7. The summed E-state index contributed by atoms with van der Waals surface area (Å²) in [5.41, 5.74) is 5.70. The van der Waals surface area contributed by atoms with Crippen molar-refractivity contribution in [3.8, 4) is 5.75 Å². The van der Waals surface area contributed by atoms with Gasteiger partial charge in [0.05, 0.1) is 5.56 Å². The minimum atomic E-state index is -4.42. The second-order valence-corrected chi connectivity index (χ2v) is 5.29. The van der Waals surface area contributed by atoms with Gasteiger partial charge in [-0.3, -0.25) is 4.79 Å². The highest BCUT2D eigenvalue weighted by Gasteiger charge is 2.30. The van der Waals surface area contributed by atoms with Crippen LogP contribution in [0.2, 0.25) is 0 Å². The predicted octanol–water partition coefficient (Wildman–Crippen LogP) is 3.23. The van der Waals surface area contributed by atoms with E-state index in [4.69, 9.17) is 10.5 Å². The van der Waals surface area contributed by atoms with E-state index in [-0.39, 0.29) is 12.2 Å². The fourth-order valence-electron chi connectivity index (χ4n) is 2.07. The van der Waals surface area contributed by atoms with Gasteiger partial charge in [-0.25, -0.2) is 0 Å². The number of primary amides is 1. The largest absolute Gasteiger partial charge is 0.490 e. The molecule has 0 aliphatic carbocycles. The third kappa shape index (κ3) is 4.26. The van der Waals surface area contributed by atoms with Crippen molar-refractivity contribution in [2.24, 2.45) is 5.73 Å². The second-order valence-electron chi connectivity index (χ2n) is 5.29. The summed E-state index contributed by atoms with van der Waals surface area (Å²) in [5, 5.41) is 10.0. The highest BCUT2D eigenvalue weighted by molar-refractivity contribution is 5.93. The molecule has 1 atom stereocenters. The van der Waals surface area contributed by atoms with Gasteiger partial charge in [0.2, 0.25) is 5.91 Å². The van der Waals surface area contributed by atoms with Crippen molar-refractivity contribution < 1.29 is 27.8 Å². The Hall–Kier alpha value is -2.54. The number of hydrogen-bond acceptors (Lipinski definition) is 3. The Morgan fingerprint density at radius 3 is 2.38 bits per heavy atom. The number of halogens is 3. The van der Waals surface area contributed by atoms with Crippen LogP contribution in [0.4, 0.5) is 13.2 Å². The van der Waals surface area contributed by atoms with Crippen molar-refractivity contribution >= 4 is 5.91 Å². The monoisotopic (exact) mass is 339 g/mol. The molecular formula is C17H16F3NO3. The van der Waals surface area contributed by atoms with Crippen molar-refractivity contribution in [2.45, 2.75) is 19.2 Å². The maximum Gasteiger partial charge on any atom is 0.416 e. The molecule has 0 bridgehead atoms. The lowest BCUT2D eigenvalue weighted by Gasteiger charge is -2.15. The minimum absolute atomic E-state index is 0.172. The Labute approximate surface area is 136 Å². The van der Waals surface area contributed by atoms with Gasteiger partial charge in [0.1, 0.15) is 18.5 Å². The molecule has 2 rings (SSSR count). The third-order valence-corrected chi connectivity index (χ3v) is 3.49. The standard InChI is InChI=1S/C17H16F3NO3/c1-10-2-3-12(16(21)23)8-15(10)24-9-14(22)11-4-6-13(7-5-11)17(18,19)20/h2-8,14,22H,9H2,1H3,(H2,21,23).